The lowest BCUT2D eigenvalue weighted by Crippen LogP contribution is -2.62. The number of hydrogen-bond acceptors (Lipinski definition) is 7. The molecule has 2 amide bonds. The van der Waals surface area contributed by atoms with Crippen molar-refractivity contribution in [1.29, 1.82) is 0 Å². The summed E-state index contributed by atoms with van der Waals surface area (Å²) in [7, 11) is 0. The van der Waals surface area contributed by atoms with E-state index in [4.69, 9.17) is 40.5 Å². The van der Waals surface area contributed by atoms with Crippen LogP contribution in [0.3, 0.4) is 0 Å². The predicted octanol–water partition coefficient (Wildman–Crippen LogP) is 6.24. The van der Waals surface area contributed by atoms with Crippen LogP contribution in [0.2, 0.25) is 15.1 Å². The van der Waals surface area contributed by atoms with E-state index in [1.807, 2.05) is 13.8 Å². The number of aryl methyl sites for hydroxylation is 1. The quantitative estimate of drug-likeness (QED) is 0.146. The van der Waals surface area contributed by atoms with E-state index < -0.39 is 68.1 Å². The van der Waals surface area contributed by atoms with Gasteiger partial charge in [-0.25, -0.2) is 13.6 Å². The minimum atomic E-state index is -1.16. The topological polar surface area (TPSA) is 126 Å². The van der Waals surface area contributed by atoms with Gasteiger partial charge in [-0.05, 0) is 43.5 Å². The summed E-state index contributed by atoms with van der Waals surface area (Å²) in [4.78, 5) is 52.8. The second-order valence-electron chi connectivity index (χ2n) is 11.8. The van der Waals surface area contributed by atoms with Crippen molar-refractivity contribution in [3.63, 3.8) is 0 Å². The fourth-order valence-corrected chi connectivity index (χ4v) is 7.25. The molecule has 2 unspecified atom stereocenters. The summed E-state index contributed by atoms with van der Waals surface area (Å²) < 4.78 is 34.1. The molecule has 1 fully saturated rings. The molecule has 2 aromatic carbocycles. The van der Waals surface area contributed by atoms with Crippen LogP contribution in [0.15, 0.2) is 35.8 Å². The zero-order valence-corrected chi connectivity index (χ0v) is 27.9. The highest BCUT2D eigenvalue weighted by Gasteiger charge is 2.44. The van der Waals surface area contributed by atoms with E-state index in [-0.39, 0.29) is 46.4 Å². The number of nitrogens with one attached hydrogen (secondary N) is 1. The van der Waals surface area contributed by atoms with Gasteiger partial charge >= 0.3 is 5.69 Å². The lowest BCUT2D eigenvalue weighted by molar-refractivity contribution is -0.128. The van der Waals surface area contributed by atoms with Gasteiger partial charge in [-0.15, -0.1) is 0 Å². The largest absolute Gasteiger partial charge is 0.397 e. The molecule has 3 N–H and O–H groups in total. The third-order valence-electron chi connectivity index (χ3n) is 8.55. The van der Waals surface area contributed by atoms with E-state index in [1.54, 1.807) is 31.0 Å². The van der Waals surface area contributed by atoms with Gasteiger partial charge in [-0.3, -0.25) is 19.1 Å². The van der Waals surface area contributed by atoms with Gasteiger partial charge < -0.3 is 20.9 Å². The minimum Gasteiger partial charge on any atom is -0.397 e. The van der Waals surface area contributed by atoms with Gasteiger partial charge in [0, 0.05) is 29.9 Å². The molecule has 2 atom stereocenters. The molecule has 0 spiro atoms. The molecule has 2 aromatic heterocycles. The molecule has 6 rings (SSSR count). The first kappa shape index (κ1) is 32.7. The molecule has 0 aliphatic carbocycles. The van der Waals surface area contributed by atoms with Crippen molar-refractivity contribution in [3.8, 4) is 16.8 Å². The summed E-state index contributed by atoms with van der Waals surface area (Å²) in [5.41, 5.74) is 4.82. The number of pyridine rings is 1. The Balaban J connectivity index is 1.83. The molecule has 4 heterocycles. The van der Waals surface area contributed by atoms with Crippen molar-refractivity contribution >= 4 is 74.7 Å². The Morgan fingerprint density at radius 1 is 1.15 bits per heavy atom. The fraction of sp³-hybridized carbons (Fsp3) is 0.281. The van der Waals surface area contributed by atoms with Crippen LogP contribution in [0.25, 0.3) is 27.7 Å². The molecule has 2 aliphatic heterocycles. The Kier molecular flexibility index (Phi) is 8.18. The van der Waals surface area contributed by atoms with Crippen molar-refractivity contribution in [2.45, 2.75) is 45.7 Å². The molecule has 47 heavy (non-hydrogen) atoms. The number of anilines is 3. The molecular weight excluding hydrogens is 675 g/mol. The standard InChI is InChI=1S/C32H28Cl3F2N7O3/c1-6-18(45)42-10-14(5)43-17(11-42)31(46)40-27-21-29(22(35)19(24(27)37)20-23(36)15(33)9-16(34)25(20)38)44(32(47)41-30(21)43)28-13(4)7-8-39-26(28)12(2)3/h6-9,12,14,17H,1,10-11,38H2,2-5H3,(H,40,46). The number of aromatic nitrogens is 3. The molecule has 0 bridgehead atoms. The van der Waals surface area contributed by atoms with E-state index in [1.165, 1.54) is 9.47 Å². The maximum Gasteiger partial charge on any atom is 0.354 e. The van der Waals surface area contributed by atoms with Gasteiger partial charge in [0.25, 0.3) is 0 Å². The predicted molar refractivity (Wildman–Crippen MR) is 180 cm³/mol. The smallest absolute Gasteiger partial charge is 0.354 e. The highest BCUT2D eigenvalue weighted by Crippen LogP contribution is 2.50. The number of nitrogens with two attached hydrogens (primary N) is 1. The number of halogens is 5. The Bertz CT molecular complexity index is 2090. The fourth-order valence-electron chi connectivity index (χ4n) is 6.43. The average molecular weight is 703 g/mol. The normalized spacial score (nSPS) is 17.5. The van der Waals surface area contributed by atoms with Gasteiger partial charge in [0.1, 0.15) is 11.9 Å². The Morgan fingerprint density at radius 3 is 2.51 bits per heavy atom. The number of carbonyl (C=O) groups is 2. The SMILES string of the molecule is C=CC(=O)N1CC(C)N2c3nc(=O)n(-c4c(C)ccnc4C(C)C)c4c(Cl)c(-c5c(N)c(Cl)cc(Cl)c5F)c(F)c(c34)NC(=O)C2C1. The molecule has 0 saturated carbocycles. The number of hydrogen-bond donors (Lipinski definition) is 2. The first-order chi connectivity index (χ1) is 22.2. The van der Waals surface area contributed by atoms with E-state index in [0.717, 1.165) is 12.1 Å². The number of nitrogens with zero attached hydrogens (tertiary/aromatic N) is 5. The number of piperazine rings is 1. The molecule has 244 valence electrons. The summed E-state index contributed by atoms with van der Waals surface area (Å²) in [5, 5.41) is 1.57. The lowest BCUT2D eigenvalue weighted by Gasteiger charge is -2.44. The molecule has 15 heteroatoms. The van der Waals surface area contributed by atoms with Crippen molar-refractivity contribution in [2.75, 3.05) is 29.0 Å². The van der Waals surface area contributed by atoms with Crippen LogP contribution >= 0.6 is 34.8 Å². The van der Waals surface area contributed by atoms with Crippen molar-refractivity contribution in [3.05, 3.63) is 79.4 Å². The summed E-state index contributed by atoms with van der Waals surface area (Å²) >= 11 is 19.5. The van der Waals surface area contributed by atoms with Crippen molar-refractivity contribution in [1.82, 2.24) is 19.4 Å². The maximum atomic E-state index is 17.1. The summed E-state index contributed by atoms with van der Waals surface area (Å²) in [6, 6.07) is 1.08. The summed E-state index contributed by atoms with van der Waals surface area (Å²) in [6.07, 6.45) is 2.72. The van der Waals surface area contributed by atoms with Crippen LogP contribution in [-0.4, -0.2) is 56.4 Å². The number of rotatable bonds is 4. The highest BCUT2D eigenvalue weighted by atomic mass is 35.5. The van der Waals surface area contributed by atoms with E-state index >= 15 is 8.78 Å². The van der Waals surface area contributed by atoms with Gasteiger partial charge in [0.05, 0.1) is 55.3 Å². The third-order valence-corrected chi connectivity index (χ3v) is 9.50. The van der Waals surface area contributed by atoms with Crippen LogP contribution in [0.1, 0.15) is 37.9 Å². The minimum absolute atomic E-state index is 0.0212. The van der Waals surface area contributed by atoms with Crippen molar-refractivity contribution in [2.24, 2.45) is 0 Å². The molecule has 4 aromatic rings. The number of fused-ring (bicyclic) bond motifs is 2. The Morgan fingerprint density at radius 2 is 1.85 bits per heavy atom. The van der Waals surface area contributed by atoms with Crippen LogP contribution in [0.5, 0.6) is 0 Å². The Labute approximate surface area is 282 Å². The number of amides is 2. The lowest BCUT2D eigenvalue weighted by atomic mass is 9.97. The highest BCUT2D eigenvalue weighted by molar-refractivity contribution is 6.41. The zero-order chi connectivity index (χ0) is 34.2. The maximum absolute atomic E-state index is 17.1. The van der Waals surface area contributed by atoms with Gasteiger partial charge in [0.2, 0.25) is 11.8 Å². The number of carbonyl (C=O) groups excluding carboxylic acids is 2. The van der Waals surface area contributed by atoms with Crippen molar-refractivity contribution < 1.29 is 18.4 Å². The Hall–Kier alpha value is -4.26. The van der Waals surface area contributed by atoms with Gasteiger partial charge in [-0.1, -0.05) is 55.2 Å². The summed E-state index contributed by atoms with van der Waals surface area (Å²) in [5.74, 6) is -3.63. The van der Waals surface area contributed by atoms with E-state index in [0.29, 0.717) is 16.9 Å². The summed E-state index contributed by atoms with van der Waals surface area (Å²) in [6.45, 7) is 10.8. The average Bonchev–Trinajstić information content (AvgIpc) is 3.14. The van der Waals surface area contributed by atoms with E-state index in [9.17, 15) is 14.4 Å². The van der Waals surface area contributed by atoms with Crippen LogP contribution in [0, 0.1) is 18.6 Å². The molecule has 10 nitrogen and oxygen atoms in total. The van der Waals surface area contributed by atoms with E-state index in [2.05, 4.69) is 21.9 Å². The monoisotopic (exact) mass is 701 g/mol. The molecular formula is C32H28Cl3F2N7O3. The molecule has 2 aliphatic rings. The zero-order valence-electron chi connectivity index (χ0n) is 25.6. The third kappa shape index (κ3) is 4.92. The first-order valence-corrected chi connectivity index (χ1v) is 15.7. The first-order valence-electron chi connectivity index (χ1n) is 14.6. The van der Waals surface area contributed by atoms with Crippen LogP contribution in [0.4, 0.5) is 26.0 Å². The molecule has 1 saturated heterocycles. The second kappa shape index (κ2) is 11.8. The van der Waals surface area contributed by atoms with Gasteiger partial charge in [0.15, 0.2) is 11.6 Å². The molecule has 0 radical (unpaired) electrons. The van der Waals surface area contributed by atoms with Crippen LogP contribution in [-0.2, 0) is 9.59 Å². The number of nitrogen functional groups attached to an aromatic ring is 1. The van der Waals surface area contributed by atoms with Crippen LogP contribution < -0.4 is 21.6 Å². The number of benzene rings is 2. The van der Waals surface area contributed by atoms with Gasteiger partial charge in [-0.2, -0.15) is 4.98 Å². The second-order valence-corrected chi connectivity index (χ2v) is 13.0.